The largest absolute Gasteiger partial charge is 0.369 e. The summed E-state index contributed by atoms with van der Waals surface area (Å²) >= 11 is 0. The van der Waals surface area contributed by atoms with Crippen LogP contribution in [0.25, 0.3) is 0 Å². The molecule has 1 fully saturated rings. The van der Waals surface area contributed by atoms with Gasteiger partial charge in [-0.1, -0.05) is 6.08 Å². The number of hydrogen-bond acceptors (Lipinski definition) is 4. The highest BCUT2D eigenvalue weighted by atomic mass is 32.2. The van der Waals surface area contributed by atoms with Crippen molar-refractivity contribution in [3.8, 4) is 0 Å². The van der Waals surface area contributed by atoms with Crippen LogP contribution in [0, 0.1) is 5.82 Å². The van der Waals surface area contributed by atoms with Gasteiger partial charge in [0.2, 0.25) is 10.0 Å². The maximum atomic E-state index is 12.9. The quantitative estimate of drug-likeness (QED) is 0.891. The van der Waals surface area contributed by atoms with Gasteiger partial charge in [-0.05, 0) is 24.3 Å². The summed E-state index contributed by atoms with van der Waals surface area (Å²) in [6, 6.07) is 6.21. The van der Waals surface area contributed by atoms with Crippen molar-refractivity contribution in [1.82, 2.24) is 4.31 Å². The van der Waals surface area contributed by atoms with E-state index in [1.54, 1.807) is 12.1 Å². The van der Waals surface area contributed by atoms with Gasteiger partial charge in [0.1, 0.15) is 5.82 Å². The van der Waals surface area contributed by atoms with Crippen molar-refractivity contribution in [1.29, 1.82) is 0 Å². The van der Waals surface area contributed by atoms with Crippen LogP contribution in [0.3, 0.4) is 0 Å². The van der Waals surface area contributed by atoms with Gasteiger partial charge in [0.05, 0.1) is 0 Å². The van der Waals surface area contributed by atoms with E-state index >= 15 is 0 Å². The van der Waals surface area contributed by atoms with E-state index in [4.69, 9.17) is 5.73 Å². The summed E-state index contributed by atoms with van der Waals surface area (Å²) in [4.78, 5) is 2.04. The fourth-order valence-corrected chi connectivity index (χ4v) is 3.31. The summed E-state index contributed by atoms with van der Waals surface area (Å²) in [5.41, 5.74) is 6.17. The van der Waals surface area contributed by atoms with Gasteiger partial charge in [-0.2, -0.15) is 4.31 Å². The molecule has 0 aliphatic carbocycles. The van der Waals surface area contributed by atoms with Crippen LogP contribution in [0.15, 0.2) is 35.7 Å². The van der Waals surface area contributed by atoms with E-state index in [1.165, 1.54) is 22.5 Å². The maximum absolute atomic E-state index is 12.9. The first kappa shape index (κ1) is 15.0. The topological polar surface area (TPSA) is 66.6 Å². The highest BCUT2D eigenvalue weighted by molar-refractivity contribution is 7.92. The van der Waals surface area contributed by atoms with Crippen molar-refractivity contribution in [3.05, 3.63) is 41.6 Å². The lowest BCUT2D eigenvalue weighted by molar-refractivity contribution is 0.390. The summed E-state index contributed by atoms with van der Waals surface area (Å²) in [5, 5.41) is 1.15. The second kappa shape index (κ2) is 6.34. The molecule has 1 aromatic carbocycles. The summed E-state index contributed by atoms with van der Waals surface area (Å²) in [7, 11) is -3.37. The number of rotatable bonds is 4. The molecule has 0 bridgehead atoms. The zero-order valence-corrected chi connectivity index (χ0v) is 11.9. The molecule has 2 rings (SSSR count). The van der Waals surface area contributed by atoms with Crippen LogP contribution in [-0.4, -0.2) is 45.4 Å². The van der Waals surface area contributed by atoms with Gasteiger partial charge >= 0.3 is 0 Å². The lowest BCUT2D eigenvalue weighted by Gasteiger charge is -2.34. The van der Waals surface area contributed by atoms with Gasteiger partial charge in [-0.25, -0.2) is 12.8 Å². The minimum absolute atomic E-state index is 0.203. The smallest absolute Gasteiger partial charge is 0.236 e. The lowest BCUT2D eigenvalue weighted by atomic mass is 10.2. The molecule has 0 amide bonds. The molecule has 110 valence electrons. The summed E-state index contributed by atoms with van der Waals surface area (Å²) in [5.74, 6) is -0.276. The van der Waals surface area contributed by atoms with Crippen LogP contribution in [0.5, 0.6) is 0 Å². The van der Waals surface area contributed by atoms with E-state index < -0.39 is 10.0 Å². The molecule has 1 aliphatic heterocycles. The minimum atomic E-state index is -3.37. The van der Waals surface area contributed by atoms with Crippen LogP contribution in [0.1, 0.15) is 0 Å². The van der Waals surface area contributed by atoms with Gasteiger partial charge in [0, 0.05) is 43.8 Å². The predicted molar refractivity (Wildman–Crippen MR) is 77.3 cm³/mol. The molecule has 7 heteroatoms. The molecule has 0 atom stereocenters. The first-order chi connectivity index (χ1) is 9.53. The summed E-state index contributed by atoms with van der Waals surface area (Å²) < 4.78 is 38.2. The SMILES string of the molecule is NC/C=C/S(=O)(=O)N1CCN(c2ccc(F)cc2)CC1. The fraction of sp³-hybridized carbons (Fsp3) is 0.385. The Bertz CT molecular complexity index is 564. The number of sulfonamides is 1. The zero-order chi connectivity index (χ0) is 14.6. The van der Waals surface area contributed by atoms with E-state index in [2.05, 4.69) is 0 Å². The molecule has 1 aliphatic rings. The zero-order valence-electron chi connectivity index (χ0n) is 11.1. The van der Waals surface area contributed by atoms with Crippen molar-refractivity contribution in [2.24, 2.45) is 5.73 Å². The number of benzene rings is 1. The molecule has 1 aromatic rings. The number of hydrogen-bond donors (Lipinski definition) is 1. The molecule has 0 unspecified atom stereocenters. The summed E-state index contributed by atoms with van der Waals surface area (Å²) in [6.45, 7) is 2.20. The van der Waals surface area contributed by atoms with Gasteiger partial charge in [-0.3, -0.25) is 0 Å². The number of piperazine rings is 1. The van der Waals surface area contributed by atoms with Crippen LogP contribution >= 0.6 is 0 Å². The number of halogens is 1. The Labute approximate surface area is 118 Å². The molecule has 0 spiro atoms. The Morgan fingerprint density at radius 1 is 1.15 bits per heavy atom. The van der Waals surface area contributed by atoms with Crippen molar-refractivity contribution in [2.75, 3.05) is 37.6 Å². The van der Waals surface area contributed by atoms with Crippen molar-refractivity contribution >= 4 is 15.7 Å². The molecule has 0 saturated carbocycles. The first-order valence-electron chi connectivity index (χ1n) is 6.40. The molecule has 1 heterocycles. The Morgan fingerprint density at radius 2 is 1.75 bits per heavy atom. The van der Waals surface area contributed by atoms with Gasteiger partial charge < -0.3 is 10.6 Å². The Morgan fingerprint density at radius 3 is 2.30 bits per heavy atom. The third kappa shape index (κ3) is 3.56. The van der Waals surface area contributed by atoms with Crippen molar-refractivity contribution in [3.63, 3.8) is 0 Å². The molecule has 0 aromatic heterocycles. The normalized spacial score (nSPS) is 17.8. The van der Waals surface area contributed by atoms with E-state index in [-0.39, 0.29) is 12.4 Å². The second-order valence-corrected chi connectivity index (χ2v) is 6.33. The van der Waals surface area contributed by atoms with E-state index in [1.807, 2.05) is 4.90 Å². The van der Waals surface area contributed by atoms with E-state index in [0.717, 1.165) is 11.1 Å². The standard InChI is InChI=1S/C13H18FN3O2S/c14-12-2-4-13(5-3-12)16-7-9-17(10-8-16)20(18,19)11-1-6-15/h1-5,11H,6-10,15H2/b11-1+. The second-order valence-electron chi connectivity index (χ2n) is 4.51. The maximum Gasteiger partial charge on any atom is 0.236 e. The third-order valence-corrected chi connectivity index (χ3v) is 4.82. The monoisotopic (exact) mass is 299 g/mol. The molecule has 5 nitrogen and oxygen atoms in total. The lowest BCUT2D eigenvalue weighted by Crippen LogP contribution is -2.48. The average molecular weight is 299 g/mol. The molecular formula is C13H18FN3O2S. The Hall–Kier alpha value is -1.44. The highest BCUT2D eigenvalue weighted by Crippen LogP contribution is 2.18. The van der Waals surface area contributed by atoms with E-state index in [9.17, 15) is 12.8 Å². The number of nitrogens with two attached hydrogens (primary N) is 1. The van der Waals surface area contributed by atoms with Crippen LogP contribution < -0.4 is 10.6 Å². The molecule has 0 radical (unpaired) electrons. The summed E-state index contributed by atoms with van der Waals surface area (Å²) in [6.07, 6.45) is 1.43. The van der Waals surface area contributed by atoms with E-state index in [0.29, 0.717) is 26.2 Å². The van der Waals surface area contributed by atoms with Crippen LogP contribution in [0.4, 0.5) is 10.1 Å². The predicted octanol–water partition coefficient (Wildman–Crippen LogP) is 0.750. The third-order valence-electron chi connectivity index (χ3n) is 3.19. The highest BCUT2D eigenvalue weighted by Gasteiger charge is 2.24. The molecular weight excluding hydrogens is 281 g/mol. The molecule has 2 N–H and O–H groups in total. The number of anilines is 1. The minimum Gasteiger partial charge on any atom is -0.369 e. The first-order valence-corrected chi connectivity index (χ1v) is 7.90. The molecule has 1 saturated heterocycles. The van der Waals surface area contributed by atoms with Gasteiger partial charge in [-0.15, -0.1) is 0 Å². The molecule has 20 heavy (non-hydrogen) atoms. The van der Waals surface area contributed by atoms with Crippen molar-refractivity contribution in [2.45, 2.75) is 0 Å². The Balaban J connectivity index is 1.99. The van der Waals surface area contributed by atoms with Gasteiger partial charge in [0.25, 0.3) is 0 Å². The van der Waals surface area contributed by atoms with Crippen LogP contribution in [-0.2, 0) is 10.0 Å². The number of nitrogens with zero attached hydrogens (tertiary/aromatic N) is 2. The van der Waals surface area contributed by atoms with Gasteiger partial charge in [0.15, 0.2) is 0 Å². The van der Waals surface area contributed by atoms with Crippen LogP contribution in [0.2, 0.25) is 0 Å². The fourth-order valence-electron chi connectivity index (χ4n) is 2.12. The average Bonchev–Trinajstić information content (AvgIpc) is 2.46. The van der Waals surface area contributed by atoms with Crippen molar-refractivity contribution < 1.29 is 12.8 Å². The Kier molecular flexibility index (Phi) is 4.74.